The summed E-state index contributed by atoms with van der Waals surface area (Å²) in [5.41, 5.74) is 0.373. The molecule has 1 aromatic heterocycles. The molecule has 0 N–H and O–H groups in total. The lowest BCUT2D eigenvalue weighted by molar-refractivity contribution is 0.00578. The van der Waals surface area contributed by atoms with Crippen molar-refractivity contribution >= 4 is 18.7 Å². The van der Waals surface area contributed by atoms with E-state index in [1.54, 1.807) is 0 Å². The van der Waals surface area contributed by atoms with Crippen LogP contribution in [-0.2, 0) is 16.4 Å². The molecule has 2 saturated heterocycles. The average Bonchev–Trinajstić information content (AvgIpc) is 2.65. The molecule has 0 unspecified atom stereocenters. The third-order valence-corrected chi connectivity index (χ3v) is 4.63. The van der Waals surface area contributed by atoms with E-state index in [2.05, 4.69) is 42.1 Å². The van der Waals surface area contributed by atoms with Crippen LogP contribution in [0.2, 0.25) is 0 Å². The molecule has 3 rings (SSSR count). The summed E-state index contributed by atoms with van der Waals surface area (Å²) in [6.07, 6.45) is 3.12. The van der Waals surface area contributed by atoms with Gasteiger partial charge >= 0.3 is 7.12 Å². The number of anilines is 1. The van der Waals surface area contributed by atoms with Crippen LogP contribution in [0.15, 0.2) is 6.20 Å². The molecule has 104 valence electrons. The first-order chi connectivity index (χ1) is 8.82. The van der Waals surface area contributed by atoms with E-state index in [1.807, 2.05) is 13.2 Å². The van der Waals surface area contributed by atoms with Crippen molar-refractivity contribution in [2.45, 2.75) is 45.3 Å². The minimum Gasteiger partial charge on any atom is -0.398 e. The van der Waals surface area contributed by atoms with Crippen LogP contribution in [0.4, 0.5) is 5.95 Å². The normalized spacial score (nSPS) is 24.7. The van der Waals surface area contributed by atoms with Crippen molar-refractivity contribution in [3.05, 3.63) is 6.20 Å². The maximum atomic E-state index is 6.07. The van der Waals surface area contributed by atoms with Crippen molar-refractivity contribution in [2.75, 3.05) is 18.0 Å². The molecular formula is C13H22BN3O2. The predicted octanol–water partition coefficient (Wildman–Crippen LogP) is 0.929. The highest BCUT2D eigenvalue weighted by molar-refractivity contribution is 6.61. The highest BCUT2D eigenvalue weighted by atomic mass is 16.7. The van der Waals surface area contributed by atoms with Crippen molar-refractivity contribution in [3.8, 4) is 0 Å². The fourth-order valence-electron chi connectivity index (χ4n) is 2.41. The average molecular weight is 263 g/mol. The first kappa shape index (κ1) is 13.0. The van der Waals surface area contributed by atoms with Crippen molar-refractivity contribution in [1.82, 2.24) is 9.55 Å². The van der Waals surface area contributed by atoms with Crippen LogP contribution in [0.25, 0.3) is 0 Å². The van der Waals surface area contributed by atoms with Gasteiger partial charge in [-0.1, -0.05) is 0 Å². The fourth-order valence-corrected chi connectivity index (χ4v) is 2.41. The van der Waals surface area contributed by atoms with Crippen LogP contribution in [0.5, 0.6) is 0 Å². The minimum absolute atomic E-state index is 0.307. The molecule has 0 saturated carbocycles. The second-order valence-corrected chi connectivity index (χ2v) is 6.47. The van der Waals surface area contributed by atoms with E-state index in [0.717, 1.165) is 24.6 Å². The minimum atomic E-state index is -0.336. The molecule has 0 amide bonds. The summed E-state index contributed by atoms with van der Waals surface area (Å²) in [6, 6.07) is 0. The van der Waals surface area contributed by atoms with E-state index in [1.165, 1.54) is 6.42 Å². The number of aromatic nitrogens is 2. The molecule has 2 aliphatic heterocycles. The number of hydrogen-bond donors (Lipinski definition) is 0. The smallest absolute Gasteiger partial charge is 0.398 e. The first-order valence-corrected chi connectivity index (χ1v) is 6.94. The summed E-state index contributed by atoms with van der Waals surface area (Å²) in [7, 11) is 1.69. The summed E-state index contributed by atoms with van der Waals surface area (Å²) >= 11 is 0. The van der Waals surface area contributed by atoms with Crippen molar-refractivity contribution in [1.29, 1.82) is 0 Å². The Balaban J connectivity index is 1.86. The molecule has 3 heterocycles. The molecule has 0 atom stereocenters. The van der Waals surface area contributed by atoms with Crippen LogP contribution in [-0.4, -0.2) is 41.0 Å². The van der Waals surface area contributed by atoms with Gasteiger partial charge in [0.15, 0.2) is 0 Å². The van der Waals surface area contributed by atoms with E-state index in [4.69, 9.17) is 9.31 Å². The van der Waals surface area contributed by atoms with Gasteiger partial charge in [0, 0.05) is 26.3 Å². The van der Waals surface area contributed by atoms with E-state index >= 15 is 0 Å². The van der Waals surface area contributed by atoms with Gasteiger partial charge < -0.3 is 18.8 Å². The Bertz CT molecular complexity index is 478. The number of hydrogen-bond acceptors (Lipinski definition) is 4. The monoisotopic (exact) mass is 263 g/mol. The highest BCUT2D eigenvalue weighted by Crippen LogP contribution is 2.36. The molecule has 5 nitrogen and oxygen atoms in total. The third-order valence-electron chi connectivity index (χ3n) is 4.63. The molecule has 2 aliphatic rings. The fraction of sp³-hybridized carbons (Fsp3) is 0.769. The molecule has 19 heavy (non-hydrogen) atoms. The van der Waals surface area contributed by atoms with Gasteiger partial charge in [-0.25, -0.2) is 4.98 Å². The van der Waals surface area contributed by atoms with Gasteiger partial charge in [-0.15, -0.1) is 0 Å². The van der Waals surface area contributed by atoms with Crippen LogP contribution >= 0.6 is 0 Å². The maximum Gasteiger partial charge on any atom is 0.514 e. The summed E-state index contributed by atoms with van der Waals surface area (Å²) in [6.45, 7) is 10.5. The zero-order valence-electron chi connectivity index (χ0n) is 12.4. The lowest BCUT2D eigenvalue weighted by atomic mass is 9.85. The Hall–Kier alpha value is -1.01. The molecule has 0 bridgehead atoms. The number of imidazole rings is 1. The molecule has 6 heteroatoms. The van der Waals surface area contributed by atoms with Crippen LogP contribution in [0.3, 0.4) is 0 Å². The Morgan fingerprint density at radius 2 is 1.74 bits per heavy atom. The third kappa shape index (κ3) is 1.89. The lowest BCUT2D eigenvalue weighted by Crippen LogP contribution is -2.42. The summed E-state index contributed by atoms with van der Waals surface area (Å²) in [5, 5.41) is 0. The van der Waals surface area contributed by atoms with Gasteiger partial charge in [0.05, 0.1) is 16.8 Å². The van der Waals surface area contributed by atoms with E-state index in [-0.39, 0.29) is 18.3 Å². The van der Waals surface area contributed by atoms with Gasteiger partial charge in [0.25, 0.3) is 0 Å². The summed E-state index contributed by atoms with van der Waals surface area (Å²) < 4.78 is 14.2. The van der Waals surface area contributed by atoms with Gasteiger partial charge in [-0.3, -0.25) is 0 Å². The molecule has 0 aliphatic carbocycles. The molecule has 0 aromatic carbocycles. The highest BCUT2D eigenvalue weighted by Gasteiger charge is 2.52. The van der Waals surface area contributed by atoms with E-state index in [9.17, 15) is 0 Å². The molecule has 2 fully saturated rings. The Kier molecular flexibility index (Phi) is 2.73. The first-order valence-electron chi connectivity index (χ1n) is 6.94. The summed E-state index contributed by atoms with van der Waals surface area (Å²) in [4.78, 5) is 6.78. The zero-order valence-corrected chi connectivity index (χ0v) is 12.4. The summed E-state index contributed by atoms with van der Waals surface area (Å²) in [5.74, 6) is 1.01. The van der Waals surface area contributed by atoms with Crippen LogP contribution in [0.1, 0.15) is 34.1 Å². The SMILES string of the molecule is Cn1c(B2OC(C)(C)C(C)(C)O2)cnc1N1CCC1. The van der Waals surface area contributed by atoms with Gasteiger partial charge in [0.2, 0.25) is 5.95 Å². The Labute approximate surface area is 115 Å². The molecule has 1 aromatic rings. The van der Waals surface area contributed by atoms with Crippen LogP contribution in [0, 0.1) is 0 Å². The number of rotatable bonds is 2. The van der Waals surface area contributed by atoms with Gasteiger partial charge in [-0.2, -0.15) is 0 Å². The lowest BCUT2D eigenvalue weighted by Gasteiger charge is -2.32. The van der Waals surface area contributed by atoms with E-state index < -0.39 is 0 Å². The largest absolute Gasteiger partial charge is 0.514 e. The van der Waals surface area contributed by atoms with Gasteiger partial charge in [0.1, 0.15) is 0 Å². The second-order valence-electron chi connectivity index (χ2n) is 6.47. The number of nitrogens with zero attached hydrogens (tertiary/aromatic N) is 3. The standard InChI is InChI=1S/C13H22BN3O2/c1-12(2)13(3,4)19-14(18-12)10-9-15-11(16(10)5)17-7-6-8-17/h9H,6-8H2,1-5H3. The van der Waals surface area contributed by atoms with Crippen LogP contribution < -0.4 is 10.5 Å². The molecule has 0 radical (unpaired) electrons. The Morgan fingerprint density at radius 3 is 2.21 bits per heavy atom. The molecular weight excluding hydrogens is 241 g/mol. The molecule has 0 spiro atoms. The van der Waals surface area contributed by atoms with Crippen molar-refractivity contribution < 1.29 is 9.31 Å². The second kappa shape index (κ2) is 3.99. The van der Waals surface area contributed by atoms with Crippen molar-refractivity contribution in [2.24, 2.45) is 7.05 Å². The van der Waals surface area contributed by atoms with Crippen molar-refractivity contribution in [3.63, 3.8) is 0 Å². The topological polar surface area (TPSA) is 39.5 Å². The Morgan fingerprint density at radius 1 is 1.16 bits per heavy atom. The zero-order chi connectivity index (χ0) is 13.8. The quantitative estimate of drug-likeness (QED) is 0.744. The maximum absolute atomic E-state index is 6.07. The van der Waals surface area contributed by atoms with E-state index in [0.29, 0.717) is 0 Å². The van der Waals surface area contributed by atoms with Gasteiger partial charge in [-0.05, 0) is 34.1 Å². The predicted molar refractivity (Wildman–Crippen MR) is 75.8 cm³/mol.